The first kappa shape index (κ1) is 19.5. The highest BCUT2D eigenvalue weighted by molar-refractivity contribution is 9.10. The van der Waals surface area contributed by atoms with E-state index in [1.54, 1.807) is 31.5 Å². The number of ketones is 1. The van der Waals surface area contributed by atoms with Crippen molar-refractivity contribution in [3.63, 3.8) is 0 Å². The number of aromatic nitrogens is 2. The van der Waals surface area contributed by atoms with Gasteiger partial charge in [-0.05, 0) is 34.1 Å². The summed E-state index contributed by atoms with van der Waals surface area (Å²) in [5, 5.41) is 3.09. The summed E-state index contributed by atoms with van der Waals surface area (Å²) in [7, 11) is 3.09. The maximum atomic E-state index is 12.6. The van der Waals surface area contributed by atoms with Crippen LogP contribution in [0.15, 0.2) is 28.9 Å². The van der Waals surface area contributed by atoms with Crippen LogP contribution in [0.25, 0.3) is 0 Å². The molecule has 8 nitrogen and oxygen atoms in total. The summed E-state index contributed by atoms with van der Waals surface area (Å²) in [5.74, 6) is 1.36. The predicted octanol–water partition coefficient (Wildman–Crippen LogP) is 2.51. The molecule has 0 unspecified atom stereocenters. The Morgan fingerprint density at radius 3 is 2.78 bits per heavy atom. The number of Topliss-reactive ketones (excluding diaryl/α,β-unsaturated/α-hetero) is 1. The molecule has 0 aliphatic carbocycles. The second-order valence-corrected chi connectivity index (χ2v) is 6.76. The molecule has 1 N–H and O–H groups in total. The molecular weight excluding hydrogens is 416 g/mol. The lowest BCUT2D eigenvalue weighted by Crippen LogP contribution is -2.39. The van der Waals surface area contributed by atoms with Gasteiger partial charge in [-0.15, -0.1) is 0 Å². The van der Waals surface area contributed by atoms with Crippen LogP contribution in [-0.2, 0) is 4.74 Å². The lowest BCUT2D eigenvalue weighted by Gasteiger charge is -2.25. The van der Waals surface area contributed by atoms with Crippen LogP contribution < -0.4 is 14.8 Å². The fourth-order valence-electron chi connectivity index (χ4n) is 2.70. The summed E-state index contributed by atoms with van der Waals surface area (Å²) in [4.78, 5) is 23.1. The Morgan fingerprint density at radius 2 is 2.07 bits per heavy atom. The van der Waals surface area contributed by atoms with E-state index in [2.05, 4.69) is 36.1 Å². The van der Waals surface area contributed by atoms with Crippen molar-refractivity contribution in [1.82, 2.24) is 14.9 Å². The van der Waals surface area contributed by atoms with Crippen molar-refractivity contribution < 1.29 is 19.0 Å². The molecule has 1 saturated heterocycles. The van der Waals surface area contributed by atoms with Gasteiger partial charge in [0, 0.05) is 18.7 Å². The summed E-state index contributed by atoms with van der Waals surface area (Å²) in [6.45, 7) is 3.23. The number of ether oxygens (including phenoxy) is 3. The summed E-state index contributed by atoms with van der Waals surface area (Å²) in [6, 6.07) is 5.27. The van der Waals surface area contributed by atoms with Gasteiger partial charge in [0.05, 0.1) is 50.3 Å². The molecule has 0 radical (unpaired) electrons. The van der Waals surface area contributed by atoms with E-state index >= 15 is 0 Å². The van der Waals surface area contributed by atoms with Gasteiger partial charge >= 0.3 is 0 Å². The SMILES string of the molecule is COc1cc(C(=O)CN2CCOCC2)ccc1Nc1ncc(Br)c(OC)n1. The largest absolute Gasteiger partial charge is 0.495 e. The van der Waals surface area contributed by atoms with Gasteiger partial charge < -0.3 is 19.5 Å². The third-order valence-corrected chi connectivity index (χ3v) is 4.69. The van der Waals surface area contributed by atoms with E-state index in [9.17, 15) is 4.79 Å². The molecule has 144 valence electrons. The van der Waals surface area contributed by atoms with Crippen molar-refractivity contribution in [2.75, 3.05) is 52.4 Å². The first-order valence-electron chi connectivity index (χ1n) is 8.45. The van der Waals surface area contributed by atoms with E-state index in [0.717, 1.165) is 13.1 Å². The van der Waals surface area contributed by atoms with Crippen LogP contribution in [0.1, 0.15) is 10.4 Å². The highest BCUT2D eigenvalue weighted by Gasteiger charge is 2.17. The topological polar surface area (TPSA) is 85.8 Å². The van der Waals surface area contributed by atoms with Crippen LogP contribution in [-0.4, -0.2) is 67.7 Å². The summed E-state index contributed by atoms with van der Waals surface area (Å²) in [5.41, 5.74) is 1.25. The van der Waals surface area contributed by atoms with E-state index in [1.165, 1.54) is 7.11 Å². The molecule has 27 heavy (non-hydrogen) atoms. The van der Waals surface area contributed by atoms with Crippen molar-refractivity contribution in [3.05, 3.63) is 34.4 Å². The molecule has 0 atom stereocenters. The number of morpholine rings is 1. The minimum absolute atomic E-state index is 0.0447. The van der Waals surface area contributed by atoms with Gasteiger partial charge in [-0.1, -0.05) is 0 Å². The molecule has 2 aromatic rings. The van der Waals surface area contributed by atoms with Crippen LogP contribution in [0.5, 0.6) is 11.6 Å². The molecule has 1 aromatic heterocycles. The van der Waals surface area contributed by atoms with E-state index in [-0.39, 0.29) is 5.78 Å². The van der Waals surface area contributed by atoms with Crippen molar-refractivity contribution in [2.45, 2.75) is 0 Å². The molecule has 2 heterocycles. The lowest BCUT2D eigenvalue weighted by molar-refractivity contribution is 0.0371. The Kier molecular flexibility index (Phi) is 6.59. The zero-order valence-corrected chi connectivity index (χ0v) is 16.8. The van der Waals surface area contributed by atoms with Crippen LogP contribution in [0.3, 0.4) is 0 Å². The second kappa shape index (κ2) is 9.12. The molecule has 0 saturated carbocycles. The zero-order valence-electron chi connectivity index (χ0n) is 15.2. The van der Waals surface area contributed by atoms with Gasteiger partial charge in [0.25, 0.3) is 0 Å². The van der Waals surface area contributed by atoms with E-state index < -0.39 is 0 Å². The molecule has 1 aromatic carbocycles. The predicted molar refractivity (Wildman–Crippen MR) is 104 cm³/mol. The summed E-state index contributed by atoms with van der Waals surface area (Å²) >= 11 is 3.32. The van der Waals surface area contributed by atoms with Gasteiger partial charge in [0.15, 0.2) is 5.78 Å². The molecule has 0 bridgehead atoms. The molecule has 1 fully saturated rings. The Labute approximate surface area is 166 Å². The highest BCUT2D eigenvalue weighted by atomic mass is 79.9. The standard InChI is InChI=1S/C18H21BrN4O4/c1-25-16-9-12(15(24)11-23-5-7-27-8-6-23)3-4-14(16)21-18-20-10-13(19)17(22-18)26-2/h3-4,9-10H,5-8,11H2,1-2H3,(H,20,21,22). The number of hydrogen-bond acceptors (Lipinski definition) is 8. The number of halogens is 1. The first-order chi connectivity index (χ1) is 13.1. The number of rotatable bonds is 7. The Hall–Kier alpha value is -2.23. The minimum Gasteiger partial charge on any atom is -0.495 e. The number of anilines is 2. The van der Waals surface area contributed by atoms with E-state index in [4.69, 9.17) is 14.2 Å². The Balaban J connectivity index is 1.74. The fourth-order valence-corrected chi connectivity index (χ4v) is 3.05. The van der Waals surface area contributed by atoms with Crippen LogP contribution >= 0.6 is 15.9 Å². The monoisotopic (exact) mass is 436 g/mol. The van der Waals surface area contributed by atoms with Crippen LogP contribution in [0.4, 0.5) is 11.6 Å². The van der Waals surface area contributed by atoms with Gasteiger partial charge in [0.1, 0.15) is 5.75 Å². The maximum Gasteiger partial charge on any atom is 0.232 e. The molecule has 3 rings (SSSR count). The third-order valence-electron chi connectivity index (χ3n) is 4.15. The molecule has 1 aliphatic rings. The van der Waals surface area contributed by atoms with Crippen LogP contribution in [0.2, 0.25) is 0 Å². The molecule has 0 amide bonds. The van der Waals surface area contributed by atoms with Crippen molar-refractivity contribution >= 4 is 33.3 Å². The minimum atomic E-state index is 0.0447. The molecule has 0 spiro atoms. The van der Waals surface area contributed by atoms with Crippen LogP contribution in [0, 0.1) is 0 Å². The van der Waals surface area contributed by atoms with Gasteiger partial charge in [-0.3, -0.25) is 9.69 Å². The number of nitrogens with one attached hydrogen (secondary N) is 1. The Morgan fingerprint density at radius 1 is 1.30 bits per heavy atom. The average Bonchev–Trinajstić information content (AvgIpc) is 2.70. The number of carbonyl (C=O) groups is 1. The van der Waals surface area contributed by atoms with Gasteiger partial charge in [0.2, 0.25) is 11.8 Å². The lowest BCUT2D eigenvalue weighted by atomic mass is 10.1. The number of hydrogen-bond donors (Lipinski definition) is 1. The van der Waals surface area contributed by atoms with E-state index in [0.29, 0.717) is 53.1 Å². The second-order valence-electron chi connectivity index (χ2n) is 5.90. The average molecular weight is 437 g/mol. The van der Waals surface area contributed by atoms with Crippen molar-refractivity contribution in [3.8, 4) is 11.6 Å². The Bertz CT molecular complexity index is 812. The molecular formula is C18H21BrN4O4. The smallest absolute Gasteiger partial charge is 0.232 e. The molecule has 9 heteroatoms. The van der Waals surface area contributed by atoms with Crippen molar-refractivity contribution in [2.24, 2.45) is 0 Å². The zero-order chi connectivity index (χ0) is 19.2. The molecule has 1 aliphatic heterocycles. The van der Waals surface area contributed by atoms with Gasteiger partial charge in [-0.2, -0.15) is 4.98 Å². The summed E-state index contributed by atoms with van der Waals surface area (Å²) < 4.78 is 16.6. The highest BCUT2D eigenvalue weighted by Crippen LogP contribution is 2.29. The normalized spacial score (nSPS) is 14.6. The van der Waals surface area contributed by atoms with E-state index in [1.807, 2.05) is 0 Å². The quantitative estimate of drug-likeness (QED) is 0.662. The summed E-state index contributed by atoms with van der Waals surface area (Å²) in [6.07, 6.45) is 1.60. The van der Waals surface area contributed by atoms with Crippen molar-refractivity contribution in [1.29, 1.82) is 0 Å². The number of nitrogens with zero attached hydrogens (tertiary/aromatic N) is 3. The number of benzene rings is 1. The fraction of sp³-hybridized carbons (Fsp3) is 0.389. The first-order valence-corrected chi connectivity index (χ1v) is 9.25. The number of methoxy groups -OCH3 is 2. The van der Waals surface area contributed by atoms with Gasteiger partial charge in [-0.25, -0.2) is 4.98 Å². The number of carbonyl (C=O) groups excluding carboxylic acids is 1. The maximum absolute atomic E-state index is 12.6. The third kappa shape index (κ3) is 4.94.